The summed E-state index contributed by atoms with van der Waals surface area (Å²) in [5.74, 6) is 1.08. The van der Waals surface area contributed by atoms with Gasteiger partial charge in [-0.25, -0.2) is 0 Å². The Morgan fingerprint density at radius 3 is 2.57 bits per heavy atom. The molecule has 0 amide bonds. The molecule has 1 aliphatic rings. The van der Waals surface area contributed by atoms with Crippen molar-refractivity contribution in [3.8, 4) is 5.75 Å². The van der Waals surface area contributed by atoms with E-state index < -0.39 is 8.07 Å². The number of rotatable bonds is 6. The molecule has 0 atom stereocenters. The number of ether oxygens (including phenoxy) is 1. The highest BCUT2D eigenvalue weighted by atomic mass is 28.3. The first-order valence-corrected chi connectivity index (χ1v) is 11.7. The Hall–Kier alpha value is -1.54. The molecule has 23 heavy (non-hydrogen) atoms. The molecule has 0 radical (unpaired) electrons. The summed E-state index contributed by atoms with van der Waals surface area (Å²) in [5.41, 5.74) is 2.72. The molecule has 0 aromatic heterocycles. The van der Waals surface area contributed by atoms with Crippen LogP contribution in [0.2, 0.25) is 13.1 Å². The summed E-state index contributed by atoms with van der Waals surface area (Å²) in [7, 11) is -1.47. The lowest BCUT2D eigenvalue weighted by molar-refractivity contribution is 0.348. The van der Waals surface area contributed by atoms with E-state index in [9.17, 15) is 0 Å². The van der Waals surface area contributed by atoms with Crippen LogP contribution in [-0.4, -0.2) is 14.7 Å². The molecular formula is C21H30OSi. The average Bonchev–Trinajstić information content (AvgIpc) is 2.99. The fourth-order valence-corrected chi connectivity index (χ4v) is 5.84. The molecule has 1 aromatic rings. The minimum Gasteiger partial charge on any atom is -0.489 e. The van der Waals surface area contributed by atoms with Gasteiger partial charge in [-0.05, 0) is 29.0 Å². The Balaban J connectivity index is 2.39. The van der Waals surface area contributed by atoms with E-state index in [1.165, 1.54) is 11.1 Å². The molecule has 1 aliphatic carbocycles. The van der Waals surface area contributed by atoms with E-state index in [0.717, 1.165) is 18.2 Å². The summed E-state index contributed by atoms with van der Waals surface area (Å²) < 4.78 is 6.12. The smallest absolute Gasteiger partial charge is 0.126 e. The van der Waals surface area contributed by atoms with Crippen molar-refractivity contribution in [1.82, 2.24) is 0 Å². The zero-order valence-corrected chi connectivity index (χ0v) is 16.3. The summed E-state index contributed by atoms with van der Waals surface area (Å²) in [5, 5.41) is 1.63. The maximum absolute atomic E-state index is 6.12. The monoisotopic (exact) mass is 326 g/mol. The van der Waals surface area contributed by atoms with Crippen LogP contribution in [0.15, 0.2) is 54.3 Å². The minimum absolute atomic E-state index is 0.0758. The fraction of sp³-hybridized carbons (Fsp3) is 0.429. The third-order valence-corrected chi connectivity index (χ3v) is 7.90. The topological polar surface area (TPSA) is 9.23 Å². The van der Waals surface area contributed by atoms with Crippen LogP contribution in [0.3, 0.4) is 0 Å². The molecule has 0 spiro atoms. The second-order valence-corrected chi connectivity index (χ2v) is 12.8. The summed E-state index contributed by atoms with van der Waals surface area (Å²) in [6, 6.07) is 7.75. The van der Waals surface area contributed by atoms with Gasteiger partial charge >= 0.3 is 0 Å². The highest BCUT2D eigenvalue weighted by Gasteiger charge is 2.29. The van der Waals surface area contributed by atoms with E-state index in [0.29, 0.717) is 6.61 Å². The van der Waals surface area contributed by atoms with Crippen LogP contribution in [0.4, 0.5) is 0 Å². The van der Waals surface area contributed by atoms with Crippen LogP contribution in [0.1, 0.15) is 38.3 Å². The van der Waals surface area contributed by atoms with Crippen molar-refractivity contribution < 1.29 is 4.74 Å². The molecule has 0 bridgehead atoms. The van der Waals surface area contributed by atoms with Crippen molar-refractivity contribution in [2.24, 2.45) is 0 Å². The lowest BCUT2D eigenvalue weighted by Crippen LogP contribution is -2.32. The van der Waals surface area contributed by atoms with Crippen molar-refractivity contribution in [1.29, 1.82) is 0 Å². The SMILES string of the molecule is C=CCOc1c(C[Si](C)(C)C2=CC=CC2)cccc1C(C)(C)C. The Labute approximate surface area is 142 Å². The van der Waals surface area contributed by atoms with Crippen LogP contribution < -0.4 is 4.74 Å². The van der Waals surface area contributed by atoms with Crippen molar-refractivity contribution >= 4 is 8.07 Å². The lowest BCUT2D eigenvalue weighted by Gasteiger charge is -2.29. The van der Waals surface area contributed by atoms with Crippen LogP contribution in [0.25, 0.3) is 0 Å². The fourth-order valence-electron chi connectivity index (χ4n) is 3.17. The normalized spacial score (nSPS) is 14.7. The molecule has 0 fully saturated rings. The zero-order chi connectivity index (χ0) is 17.1. The van der Waals surface area contributed by atoms with E-state index in [-0.39, 0.29) is 5.41 Å². The lowest BCUT2D eigenvalue weighted by atomic mass is 9.85. The Kier molecular flexibility index (Phi) is 5.36. The van der Waals surface area contributed by atoms with Gasteiger partial charge in [0, 0.05) is 0 Å². The standard InChI is InChI=1S/C21H30OSi/c1-7-15-22-20-17(11-10-14-19(20)21(2,3)4)16-23(5,6)18-12-8-9-13-18/h7-12,14H,1,13,15-16H2,2-6H3. The quantitative estimate of drug-likeness (QED) is 0.477. The Morgan fingerprint density at radius 2 is 2.00 bits per heavy atom. The van der Waals surface area contributed by atoms with E-state index in [2.05, 4.69) is 76.9 Å². The van der Waals surface area contributed by atoms with E-state index in [4.69, 9.17) is 4.74 Å². The zero-order valence-electron chi connectivity index (χ0n) is 15.3. The summed E-state index contributed by atoms with van der Waals surface area (Å²) in [4.78, 5) is 0. The van der Waals surface area contributed by atoms with Gasteiger partial charge in [0.2, 0.25) is 0 Å². The van der Waals surface area contributed by atoms with Crippen molar-refractivity contribution in [3.05, 3.63) is 65.4 Å². The molecule has 0 heterocycles. The van der Waals surface area contributed by atoms with Gasteiger partial charge in [-0.15, -0.1) is 0 Å². The van der Waals surface area contributed by atoms with Gasteiger partial charge in [0.1, 0.15) is 12.4 Å². The van der Waals surface area contributed by atoms with Crippen LogP contribution in [-0.2, 0) is 11.5 Å². The first-order valence-electron chi connectivity index (χ1n) is 8.48. The molecule has 0 saturated carbocycles. The van der Waals surface area contributed by atoms with Gasteiger partial charge in [0.25, 0.3) is 0 Å². The summed E-state index contributed by atoms with van der Waals surface area (Å²) >= 11 is 0. The molecule has 2 heteroatoms. The van der Waals surface area contributed by atoms with Gasteiger partial charge in [0.05, 0.1) is 8.07 Å². The largest absolute Gasteiger partial charge is 0.489 e. The summed E-state index contributed by atoms with van der Waals surface area (Å²) in [6.45, 7) is 16.0. The summed E-state index contributed by atoms with van der Waals surface area (Å²) in [6.07, 6.45) is 9.75. The Bertz CT molecular complexity index is 630. The van der Waals surface area contributed by atoms with E-state index in [1.54, 1.807) is 5.20 Å². The second-order valence-electron chi connectivity index (χ2n) is 8.03. The molecule has 124 valence electrons. The Morgan fingerprint density at radius 1 is 1.26 bits per heavy atom. The van der Waals surface area contributed by atoms with Crippen molar-refractivity contribution in [3.63, 3.8) is 0 Å². The molecule has 0 N–H and O–H groups in total. The van der Waals surface area contributed by atoms with Crippen LogP contribution in [0, 0.1) is 0 Å². The number of hydrogen-bond acceptors (Lipinski definition) is 1. The second kappa shape index (κ2) is 6.92. The van der Waals surface area contributed by atoms with Crippen molar-refractivity contribution in [2.75, 3.05) is 6.61 Å². The first-order chi connectivity index (χ1) is 10.8. The molecule has 0 aliphatic heterocycles. The minimum atomic E-state index is -1.47. The highest BCUT2D eigenvalue weighted by molar-refractivity contribution is 6.83. The van der Waals surface area contributed by atoms with Gasteiger partial charge in [-0.1, -0.05) is 88.1 Å². The maximum Gasteiger partial charge on any atom is 0.126 e. The molecule has 0 unspecified atom stereocenters. The highest BCUT2D eigenvalue weighted by Crippen LogP contribution is 2.37. The predicted octanol–water partition coefficient (Wildman–Crippen LogP) is 5.76. The van der Waals surface area contributed by atoms with Gasteiger partial charge in [-0.3, -0.25) is 0 Å². The van der Waals surface area contributed by atoms with Crippen LogP contribution >= 0.6 is 0 Å². The molecular weight excluding hydrogens is 296 g/mol. The van der Waals surface area contributed by atoms with E-state index in [1.807, 2.05) is 6.08 Å². The maximum atomic E-state index is 6.12. The first kappa shape index (κ1) is 17.8. The molecule has 0 saturated heterocycles. The number of benzene rings is 1. The van der Waals surface area contributed by atoms with Crippen LogP contribution in [0.5, 0.6) is 5.75 Å². The van der Waals surface area contributed by atoms with Gasteiger partial charge < -0.3 is 4.74 Å². The molecule has 1 aromatic carbocycles. The predicted molar refractivity (Wildman–Crippen MR) is 104 cm³/mol. The number of allylic oxidation sites excluding steroid dienone is 4. The molecule has 1 nitrogen and oxygen atoms in total. The van der Waals surface area contributed by atoms with Gasteiger partial charge in [0.15, 0.2) is 0 Å². The third kappa shape index (κ3) is 4.26. The van der Waals surface area contributed by atoms with E-state index >= 15 is 0 Å². The molecule has 2 rings (SSSR count). The van der Waals surface area contributed by atoms with Crippen molar-refractivity contribution in [2.45, 2.75) is 51.7 Å². The average molecular weight is 327 g/mol. The van der Waals surface area contributed by atoms with Gasteiger partial charge in [-0.2, -0.15) is 0 Å². The third-order valence-electron chi connectivity index (χ3n) is 4.52. The number of hydrogen-bond donors (Lipinski definition) is 0. The number of para-hydroxylation sites is 1.